The minimum atomic E-state index is -4.86. The lowest BCUT2D eigenvalue weighted by atomic mass is 10.2. The highest BCUT2D eigenvalue weighted by atomic mass is 19.4. The minimum absolute atomic E-state index is 0.0772. The number of benzene rings is 1. The van der Waals surface area contributed by atoms with Crippen LogP contribution in [-0.2, 0) is 0 Å². The normalized spacial score (nSPS) is 12.4. The van der Waals surface area contributed by atoms with Crippen LogP contribution < -0.4 is 21.5 Å². The molecule has 9 nitrogen and oxygen atoms in total. The van der Waals surface area contributed by atoms with E-state index in [1.165, 1.54) is 24.5 Å². The summed E-state index contributed by atoms with van der Waals surface area (Å²) >= 11 is 0. The van der Waals surface area contributed by atoms with Gasteiger partial charge in [-0.1, -0.05) is 0 Å². The second-order valence-corrected chi connectivity index (χ2v) is 5.75. The van der Waals surface area contributed by atoms with Gasteiger partial charge in [0.1, 0.15) is 11.9 Å². The Morgan fingerprint density at radius 3 is 2.34 bits per heavy atom. The predicted molar refractivity (Wildman–Crippen MR) is 93.5 cm³/mol. The number of pyridine rings is 1. The van der Waals surface area contributed by atoms with Gasteiger partial charge in [-0.15, -0.1) is 13.2 Å². The van der Waals surface area contributed by atoms with Gasteiger partial charge < -0.3 is 20.9 Å². The molecule has 12 heteroatoms. The van der Waals surface area contributed by atoms with Crippen molar-refractivity contribution in [3.63, 3.8) is 0 Å². The molecule has 0 fully saturated rings. The fourth-order valence-corrected chi connectivity index (χ4v) is 2.67. The number of nitrogens with zero attached hydrogens (tertiary/aromatic N) is 3. The molecule has 152 valence electrons. The van der Waals surface area contributed by atoms with Crippen molar-refractivity contribution >= 4 is 6.03 Å². The maximum Gasteiger partial charge on any atom is 0.573 e. The number of hydrogen-bond donors (Lipinski definition) is 3. The van der Waals surface area contributed by atoms with Crippen LogP contribution in [0.25, 0.3) is 5.69 Å². The van der Waals surface area contributed by atoms with Gasteiger partial charge in [0.05, 0.1) is 11.9 Å². The van der Waals surface area contributed by atoms with Gasteiger partial charge in [-0.3, -0.25) is 9.55 Å². The SMILES string of the molecule is NC(=O)NC(c1ccncc1)n1cc(O)n(-c2ccc(OC(F)(F)F)cc2)c1=O. The van der Waals surface area contributed by atoms with E-state index in [0.29, 0.717) is 5.56 Å². The lowest BCUT2D eigenvalue weighted by Gasteiger charge is -2.18. The summed E-state index contributed by atoms with van der Waals surface area (Å²) in [6.07, 6.45) is -1.98. The monoisotopic (exact) mass is 409 g/mol. The Kier molecular flexibility index (Phi) is 5.17. The van der Waals surface area contributed by atoms with E-state index in [0.717, 1.165) is 39.6 Å². The number of amides is 2. The summed E-state index contributed by atoms with van der Waals surface area (Å²) in [5.41, 5.74) is 4.94. The molecule has 4 N–H and O–H groups in total. The van der Waals surface area contributed by atoms with Crippen molar-refractivity contribution in [2.75, 3.05) is 0 Å². The van der Waals surface area contributed by atoms with Crippen molar-refractivity contribution in [2.24, 2.45) is 5.73 Å². The third kappa shape index (κ3) is 4.48. The van der Waals surface area contributed by atoms with Crippen molar-refractivity contribution in [1.82, 2.24) is 19.4 Å². The number of carbonyl (C=O) groups excluding carboxylic acids is 1. The van der Waals surface area contributed by atoms with Gasteiger partial charge >= 0.3 is 18.1 Å². The van der Waals surface area contributed by atoms with Gasteiger partial charge in [0, 0.05) is 12.4 Å². The van der Waals surface area contributed by atoms with Gasteiger partial charge in [-0.05, 0) is 42.0 Å². The molecule has 0 aliphatic heterocycles. The topological polar surface area (TPSA) is 124 Å². The summed E-state index contributed by atoms with van der Waals surface area (Å²) in [5.74, 6) is -0.997. The largest absolute Gasteiger partial charge is 0.573 e. The quantitative estimate of drug-likeness (QED) is 0.593. The molecule has 1 unspecified atom stereocenters. The Hall–Kier alpha value is -3.96. The van der Waals surface area contributed by atoms with Gasteiger partial charge in [-0.25, -0.2) is 14.2 Å². The van der Waals surface area contributed by atoms with Crippen LogP contribution in [0, 0.1) is 0 Å². The first-order valence-corrected chi connectivity index (χ1v) is 8.00. The molecular formula is C17H14F3N5O4. The summed E-state index contributed by atoms with van der Waals surface area (Å²) in [5, 5.41) is 12.6. The molecule has 2 amide bonds. The second kappa shape index (κ2) is 7.58. The second-order valence-electron chi connectivity index (χ2n) is 5.75. The average Bonchev–Trinajstić information content (AvgIpc) is 2.94. The molecule has 0 aliphatic rings. The van der Waals surface area contributed by atoms with Gasteiger partial charge in [-0.2, -0.15) is 0 Å². The van der Waals surface area contributed by atoms with Crippen molar-refractivity contribution in [3.8, 4) is 17.3 Å². The van der Waals surface area contributed by atoms with E-state index in [9.17, 15) is 27.9 Å². The number of aromatic hydroxyl groups is 1. The molecule has 2 heterocycles. The molecule has 0 aliphatic carbocycles. The summed E-state index contributed by atoms with van der Waals surface area (Å²) in [6, 6.07) is 6.46. The standard InChI is InChI=1S/C17H14F3N5O4/c18-17(19,20)29-12-3-1-11(2-4-12)25-13(26)9-24(16(25)28)14(23-15(21)27)10-5-7-22-8-6-10/h1-9,14,26H,(H3,21,23,27). The van der Waals surface area contributed by atoms with Gasteiger partial charge in [0.15, 0.2) is 0 Å². The van der Waals surface area contributed by atoms with Crippen LogP contribution in [0.3, 0.4) is 0 Å². The Balaban J connectivity index is 2.01. The molecule has 3 aromatic rings. The molecule has 0 bridgehead atoms. The lowest BCUT2D eigenvalue weighted by molar-refractivity contribution is -0.274. The zero-order valence-electron chi connectivity index (χ0n) is 14.5. The number of nitrogens with one attached hydrogen (secondary N) is 1. The van der Waals surface area contributed by atoms with Crippen molar-refractivity contribution in [3.05, 3.63) is 71.0 Å². The Bertz CT molecular complexity index is 1060. The van der Waals surface area contributed by atoms with Gasteiger partial charge in [0.2, 0.25) is 5.88 Å². The number of primary amides is 1. The Morgan fingerprint density at radius 1 is 1.17 bits per heavy atom. The number of carbonyl (C=O) groups is 1. The smallest absolute Gasteiger partial charge is 0.493 e. The number of hydrogen-bond acceptors (Lipinski definition) is 5. The fourth-order valence-electron chi connectivity index (χ4n) is 2.67. The average molecular weight is 409 g/mol. The number of aromatic nitrogens is 3. The number of nitrogens with two attached hydrogens (primary N) is 1. The lowest BCUT2D eigenvalue weighted by Crippen LogP contribution is -2.40. The first-order chi connectivity index (χ1) is 13.7. The summed E-state index contributed by atoms with van der Waals surface area (Å²) in [6.45, 7) is 0. The fraction of sp³-hybridized carbons (Fsp3) is 0.118. The van der Waals surface area contributed by atoms with E-state index >= 15 is 0 Å². The van der Waals surface area contributed by atoms with Crippen LogP contribution >= 0.6 is 0 Å². The van der Waals surface area contributed by atoms with Crippen molar-refractivity contribution in [1.29, 1.82) is 0 Å². The van der Waals surface area contributed by atoms with Crippen molar-refractivity contribution < 1.29 is 27.8 Å². The molecule has 1 atom stereocenters. The first-order valence-electron chi connectivity index (χ1n) is 8.00. The number of alkyl halides is 3. The van der Waals surface area contributed by atoms with Crippen LogP contribution in [0.5, 0.6) is 11.6 Å². The van der Waals surface area contributed by atoms with Crippen LogP contribution in [0.2, 0.25) is 0 Å². The Morgan fingerprint density at radius 2 is 1.79 bits per heavy atom. The van der Waals surface area contributed by atoms with Crippen LogP contribution in [0.15, 0.2) is 59.8 Å². The first kappa shape index (κ1) is 19.8. The zero-order valence-corrected chi connectivity index (χ0v) is 14.5. The van der Waals surface area contributed by atoms with E-state index < -0.39 is 35.9 Å². The number of urea groups is 1. The molecule has 1 aromatic carbocycles. The summed E-state index contributed by atoms with van der Waals surface area (Å²) < 4.78 is 42.5. The van der Waals surface area contributed by atoms with Crippen LogP contribution in [0.4, 0.5) is 18.0 Å². The van der Waals surface area contributed by atoms with Gasteiger partial charge in [0.25, 0.3) is 0 Å². The van der Waals surface area contributed by atoms with Crippen LogP contribution in [-0.4, -0.2) is 31.6 Å². The molecule has 3 rings (SSSR count). The third-order valence-electron chi connectivity index (χ3n) is 3.80. The summed E-state index contributed by atoms with van der Waals surface area (Å²) in [4.78, 5) is 28.1. The molecule has 0 spiro atoms. The maximum absolute atomic E-state index is 12.8. The number of ether oxygens (including phenoxy) is 1. The summed E-state index contributed by atoms with van der Waals surface area (Å²) in [7, 11) is 0. The zero-order chi connectivity index (χ0) is 21.2. The number of halogens is 3. The molecule has 0 radical (unpaired) electrons. The molecule has 29 heavy (non-hydrogen) atoms. The number of imidazole rings is 1. The highest BCUT2D eigenvalue weighted by Crippen LogP contribution is 2.25. The predicted octanol–water partition coefficient (Wildman–Crippen LogP) is 1.85. The highest BCUT2D eigenvalue weighted by Gasteiger charge is 2.31. The third-order valence-corrected chi connectivity index (χ3v) is 3.80. The van der Waals surface area contributed by atoms with E-state index in [1.54, 1.807) is 0 Å². The van der Waals surface area contributed by atoms with Crippen molar-refractivity contribution in [2.45, 2.75) is 12.5 Å². The highest BCUT2D eigenvalue weighted by molar-refractivity contribution is 5.72. The Labute approximate surface area is 160 Å². The van der Waals surface area contributed by atoms with Crippen LogP contribution in [0.1, 0.15) is 11.7 Å². The van der Waals surface area contributed by atoms with E-state index in [2.05, 4.69) is 15.0 Å². The van der Waals surface area contributed by atoms with E-state index in [-0.39, 0.29) is 5.69 Å². The molecule has 0 saturated carbocycles. The molecule has 0 saturated heterocycles. The van der Waals surface area contributed by atoms with E-state index in [4.69, 9.17) is 5.73 Å². The van der Waals surface area contributed by atoms with E-state index in [1.807, 2.05) is 0 Å². The number of rotatable bonds is 5. The minimum Gasteiger partial charge on any atom is -0.493 e. The maximum atomic E-state index is 12.8. The molecule has 2 aromatic heterocycles. The molecular weight excluding hydrogens is 395 g/mol.